The summed E-state index contributed by atoms with van der Waals surface area (Å²) >= 11 is 1.34. The van der Waals surface area contributed by atoms with Crippen LogP contribution in [0.25, 0.3) is 17.3 Å². The average molecular weight is 428 g/mol. The first-order valence-electron chi connectivity index (χ1n) is 9.16. The Hall–Kier alpha value is -2.84. The van der Waals surface area contributed by atoms with Crippen molar-refractivity contribution in [3.63, 3.8) is 0 Å². The van der Waals surface area contributed by atoms with E-state index in [-0.39, 0.29) is 11.7 Å². The molecule has 0 aliphatic carbocycles. The lowest BCUT2D eigenvalue weighted by molar-refractivity contribution is -0.111. The van der Waals surface area contributed by atoms with Crippen molar-refractivity contribution in [2.75, 3.05) is 11.1 Å². The van der Waals surface area contributed by atoms with Crippen LogP contribution in [0.5, 0.6) is 0 Å². The molecule has 8 heteroatoms. The number of hydrogen-bond donors (Lipinski definition) is 1. The number of aromatic nitrogens is 2. The number of carbonyl (C=O) groups excluding carboxylic acids is 1. The van der Waals surface area contributed by atoms with Gasteiger partial charge < -0.3 is 0 Å². The molecule has 0 atom stereocenters. The normalized spacial score (nSPS) is 11.6. The van der Waals surface area contributed by atoms with Crippen molar-refractivity contribution in [3.05, 3.63) is 65.8 Å². The molecular formula is C21H21N3O3S2. The lowest BCUT2D eigenvalue weighted by Crippen LogP contribution is -2.07. The number of sulfone groups is 1. The number of pyridine rings is 1. The second-order valence-electron chi connectivity index (χ2n) is 6.34. The Balaban J connectivity index is 1.60. The van der Waals surface area contributed by atoms with Gasteiger partial charge in [0.2, 0.25) is 5.91 Å². The zero-order chi connectivity index (χ0) is 20.7. The topological polar surface area (TPSA) is 89.0 Å². The largest absolute Gasteiger partial charge is 0.298 e. The van der Waals surface area contributed by atoms with E-state index in [9.17, 15) is 13.2 Å². The standard InChI is InChI=1S/C21H21N3O3S2/c1-2-3-14-29(26,27)18-7-4-16(5-8-18)6-9-20(25)24-21-23-19(15-28-21)17-10-12-22-13-11-17/h4-13,15H,2-3,14H2,1H3,(H,23,24,25). The van der Waals surface area contributed by atoms with Crippen molar-refractivity contribution in [1.82, 2.24) is 9.97 Å². The molecule has 1 amide bonds. The highest BCUT2D eigenvalue weighted by Crippen LogP contribution is 2.24. The summed E-state index contributed by atoms with van der Waals surface area (Å²) in [6.07, 6.45) is 7.89. The lowest BCUT2D eigenvalue weighted by atomic mass is 10.2. The number of benzene rings is 1. The average Bonchev–Trinajstić information content (AvgIpc) is 3.20. The van der Waals surface area contributed by atoms with E-state index < -0.39 is 9.84 Å². The molecule has 0 spiro atoms. The quantitative estimate of drug-likeness (QED) is 0.537. The number of thiazole rings is 1. The van der Waals surface area contributed by atoms with Crippen LogP contribution in [0.4, 0.5) is 5.13 Å². The molecule has 0 saturated carbocycles. The Kier molecular flexibility index (Phi) is 6.90. The fraction of sp³-hybridized carbons (Fsp3) is 0.190. The summed E-state index contributed by atoms with van der Waals surface area (Å²) in [5.74, 6) is -0.156. The van der Waals surface area contributed by atoms with Crippen LogP contribution >= 0.6 is 11.3 Å². The summed E-state index contributed by atoms with van der Waals surface area (Å²) in [4.78, 5) is 20.8. The molecule has 2 aromatic heterocycles. The van der Waals surface area contributed by atoms with Gasteiger partial charge in [-0.3, -0.25) is 15.1 Å². The van der Waals surface area contributed by atoms with Crippen LogP contribution in [0.1, 0.15) is 25.3 Å². The van der Waals surface area contributed by atoms with E-state index in [0.717, 1.165) is 23.2 Å². The highest BCUT2D eigenvalue weighted by atomic mass is 32.2. The van der Waals surface area contributed by atoms with Gasteiger partial charge in [-0.05, 0) is 42.3 Å². The molecule has 0 unspecified atom stereocenters. The van der Waals surface area contributed by atoms with E-state index in [1.807, 2.05) is 24.4 Å². The first-order chi connectivity index (χ1) is 14.0. The Bertz CT molecular complexity index is 1090. The van der Waals surface area contributed by atoms with Crippen LogP contribution in [0.2, 0.25) is 0 Å². The molecule has 1 N–H and O–H groups in total. The lowest BCUT2D eigenvalue weighted by Gasteiger charge is -2.04. The summed E-state index contributed by atoms with van der Waals surface area (Å²) in [6, 6.07) is 10.2. The van der Waals surface area contributed by atoms with Gasteiger partial charge in [0.05, 0.1) is 16.3 Å². The van der Waals surface area contributed by atoms with Gasteiger partial charge in [-0.15, -0.1) is 11.3 Å². The minimum absolute atomic E-state index is 0.149. The smallest absolute Gasteiger partial charge is 0.250 e. The van der Waals surface area contributed by atoms with Crippen molar-refractivity contribution in [1.29, 1.82) is 0 Å². The SMILES string of the molecule is CCCCS(=O)(=O)c1ccc(C=CC(=O)Nc2nc(-c3ccncc3)cs2)cc1. The summed E-state index contributed by atoms with van der Waals surface area (Å²) in [6.45, 7) is 1.96. The Morgan fingerprint density at radius 3 is 2.55 bits per heavy atom. The van der Waals surface area contributed by atoms with Gasteiger partial charge >= 0.3 is 0 Å². The van der Waals surface area contributed by atoms with Gasteiger partial charge in [0.25, 0.3) is 0 Å². The van der Waals surface area contributed by atoms with Crippen LogP contribution < -0.4 is 5.32 Å². The molecule has 0 aliphatic rings. The number of amides is 1. The summed E-state index contributed by atoms with van der Waals surface area (Å²) in [7, 11) is -3.25. The van der Waals surface area contributed by atoms with E-state index in [1.165, 1.54) is 17.4 Å². The highest BCUT2D eigenvalue weighted by Gasteiger charge is 2.13. The van der Waals surface area contributed by atoms with E-state index in [1.54, 1.807) is 42.7 Å². The Morgan fingerprint density at radius 1 is 1.14 bits per heavy atom. The maximum absolute atomic E-state index is 12.2. The molecule has 0 radical (unpaired) electrons. The first-order valence-corrected chi connectivity index (χ1v) is 11.7. The van der Waals surface area contributed by atoms with Gasteiger partial charge in [0.1, 0.15) is 0 Å². The zero-order valence-electron chi connectivity index (χ0n) is 15.9. The molecule has 2 heterocycles. The minimum Gasteiger partial charge on any atom is -0.298 e. The van der Waals surface area contributed by atoms with Gasteiger partial charge in [-0.1, -0.05) is 25.5 Å². The molecule has 6 nitrogen and oxygen atoms in total. The number of anilines is 1. The van der Waals surface area contributed by atoms with E-state index in [2.05, 4.69) is 15.3 Å². The van der Waals surface area contributed by atoms with E-state index in [0.29, 0.717) is 16.4 Å². The molecule has 0 bridgehead atoms. The van der Waals surface area contributed by atoms with Crippen molar-refractivity contribution >= 4 is 38.3 Å². The maximum Gasteiger partial charge on any atom is 0.250 e. The summed E-state index contributed by atoms with van der Waals surface area (Å²) in [5, 5.41) is 5.10. The molecule has 3 aromatic rings. The second kappa shape index (κ2) is 9.58. The third-order valence-electron chi connectivity index (χ3n) is 4.14. The van der Waals surface area contributed by atoms with Crippen LogP contribution in [-0.2, 0) is 14.6 Å². The number of nitrogens with one attached hydrogen (secondary N) is 1. The molecule has 0 aliphatic heterocycles. The highest BCUT2D eigenvalue weighted by molar-refractivity contribution is 7.91. The summed E-state index contributed by atoms with van der Waals surface area (Å²) in [5.41, 5.74) is 2.45. The zero-order valence-corrected chi connectivity index (χ0v) is 17.5. The predicted molar refractivity (Wildman–Crippen MR) is 116 cm³/mol. The number of rotatable bonds is 8. The summed E-state index contributed by atoms with van der Waals surface area (Å²) < 4.78 is 24.4. The van der Waals surface area contributed by atoms with Gasteiger partial charge in [0.15, 0.2) is 15.0 Å². The van der Waals surface area contributed by atoms with Gasteiger partial charge in [-0.25, -0.2) is 13.4 Å². The number of carbonyl (C=O) groups is 1. The van der Waals surface area contributed by atoms with Gasteiger partial charge in [-0.2, -0.15) is 0 Å². The molecule has 29 heavy (non-hydrogen) atoms. The number of unbranched alkanes of at least 4 members (excludes halogenated alkanes) is 1. The van der Waals surface area contributed by atoms with Crippen molar-refractivity contribution < 1.29 is 13.2 Å². The molecular weight excluding hydrogens is 406 g/mol. The predicted octanol–water partition coefficient (Wildman–Crippen LogP) is 4.43. The Morgan fingerprint density at radius 2 is 1.86 bits per heavy atom. The van der Waals surface area contributed by atoms with E-state index in [4.69, 9.17) is 0 Å². The van der Waals surface area contributed by atoms with Gasteiger partial charge in [0, 0.05) is 29.4 Å². The molecule has 3 rings (SSSR count). The van der Waals surface area contributed by atoms with E-state index >= 15 is 0 Å². The Labute approximate surface area is 174 Å². The molecule has 0 saturated heterocycles. The maximum atomic E-state index is 12.2. The fourth-order valence-corrected chi connectivity index (χ4v) is 4.72. The fourth-order valence-electron chi connectivity index (χ4n) is 2.54. The number of nitrogens with zero attached hydrogens (tertiary/aromatic N) is 2. The van der Waals surface area contributed by atoms with Crippen molar-refractivity contribution in [2.45, 2.75) is 24.7 Å². The molecule has 0 fully saturated rings. The van der Waals surface area contributed by atoms with Crippen LogP contribution in [-0.4, -0.2) is 30.0 Å². The minimum atomic E-state index is -3.25. The first kappa shape index (κ1) is 20.9. The van der Waals surface area contributed by atoms with Crippen molar-refractivity contribution in [3.8, 4) is 11.3 Å². The molecule has 150 valence electrons. The third-order valence-corrected chi connectivity index (χ3v) is 6.72. The van der Waals surface area contributed by atoms with Crippen LogP contribution in [0.15, 0.2) is 65.1 Å². The second-order valence-corrected chi connectivity index (χ2v) is 9.31. The van der Waals surface area contributed by atoms with Crippen molar-refractivity contribution in [2.24, 2.45) is 0 Å². The molecule has 1 aromatic carbocycles. The van der Waals surface area contributed by atoms with Crippen LogP contribution in [0, 0.1) is 0 Å². The third kappa shape index (κ3) is 5.82. The van der Waals surface area contributed by atoms with Crippen LogP contribution in [0.3, 0.4) is 0 Å². The monoisotopic (exact) mass is 427 g/mol. The number of hydrogen-bond acceptors (Lipinski definition) is 6.